The van der Waals surface area contributed by atoms with Crippen LogP contribution in [0.25, 0.3) is 16.7 Å². The third kappa shape index (κ3) is 2.35. The average Bonchev–Trinajstić information content (AvgIpc) is 3.08. The molecule has 0 saturated heterocycles. The summed E-state index contributed by atoms with van der Waals surface area (Å²) in [4.78, 5) is 13.3. The van der Waals surface area contributed by atoms with Gasteiger partial charge in [0, 0.05) is 19.4 Å². The summed E-state index contributed by atoms with van der Waals surface area (Å²) in [6.07, 6.45) is 5.55. The van der Waals surface area contributed by atoms with Gasteiger partial charge in [-0.3, -0.25) is 0 Å². The fourth-order valence-electron chi connectivity index (χ4n) is 2.64. The van der Waals surface area contributed by atoms with Crippen molar-refractivity contribution < 1.29 is 0 Å². The van der Waals surface area contributed by atoms with Gasteiger partial charge in [-0.2, -0.15) is 5.10 Å². The highest BCUT2D eigenvalue weighted by Crippen LogP contribution is 2.27. The van der Waals surface area contributed by atoms with Crippen molar-refractivity contribution >= 4 is 38.4 Å². The van der Waals surface area contributed by atoms with E-state index in [4.69, 9.17) is 0 Å². The van der Waals surface area contributed by atoms with Crippen LogP contribution in [0.5, 0.6) is 0 Å². The zero-order chi connectivity index (χ0) is 16.0. The molecule has 0 bridgehead atoms. The number of fused-ring (bicyclic) bond motifs is 2. The quantitative estimate of drug-likeness (QED) is 0.599. The number of aromatic nitrogens is 6. The van der Waals surface area contributed by atoms with Crippen molar-refractivity contribution in [2.75, 3.05) is 5.32 Å². The van der Waals surface area contributed by atoms with Crippen LogP contribution in [0.4, 0.5) is 5.82 Å². The second-order valence-corrected chi connectivity index (χ2v) is 6.09. The molecule has 1 N–H and O–H groups in total. The summed E-state index contributed by atoms with van der Waals surface area (Å²) in [7, 11) is 1.86. The highest BCUT2D eigenvalue weighted by atomic mass is 79.9. The van der Waals surface area contributed by atoms with Crippen LogP contribution in [0.1, 0.15) is 11.3 Å². The first-order valence-corrected chi connectivity index (χ1v) is 7.93. The van der Waals surface area contributed by atoms with Crippen LogP contribution in [-0.4, -0.2) is 29.1 Å². The van der Waals surface area contributed by atoms with Crippen LogP contribution in [0, 0.1) is 6.92 Å². The van der Waals surface area contributed by atoms with Gasteiger partial charge < -0.3 is 9.72 Å². The molecule has 0 spiro atoms. The number of halogens is 1. The van der Waals surface area contributed by atoms with Crippen LogP contribution < -0.4 is 5.32 Å². The molecule has 0 saturated carbocycles. The van der Waals surface area contributed by atoms with Crippen molar-refractivity contribution in [2.24, 2.45) is 7.05 Å². The summed E-state index contributed by atoms with van der Waals surface area (Å²) in [5.41, 5.74) is 3.85. The predicted octanol–water partition coefficient (Wildman–Crippen LogP) is 2.69. The Hall–Kier alpha value is -2.48. The molecule has 4 aromatic heterocycles. The molecule has 0 fully saturated rings. The van der Waals surface area contributed by atoms with E-state index in [1.807, 2.05) is 29.9 Å². The maximum atomic E-state index is 4.66. The summed E-state index contributed by atoms with van der Waals surface area (Å²) in [5.74, 6) is 0.740. The van der Waals surface area contributed by atoms with Gasteiger partial charge >= 0.3 is 0 Å². The summed E-state index contributed by atoms with van der Waals surface area (Å²) >= 11 is 3.46. The van der Waals surface area contributed by atoms with Crippen molar-refractivity contribution in [3.05, 3.63) is 46.7 Å². The molecule has 8 heteroatoms. The molecule has 0 atom stereocenters. The number of pyridine rings is 1. The number of hydrogen-bond donors (Lipinski definition) is 1. The summed E-state index contributed by atoms with van der Waals surface area (Å²) < 4.78 is 4.48. The molecule has 7 nitrogen and oxygen atoms in total. The first kappa shape index (κ1) is 14.1. The number of aryl methyl sites for hydroxylation is 2. The molecule has 4 aromatic rings. The van der Waals surface area contributed by atoms with Crippen LogP contribution in [-0.2, 0) is 13.6 Å². The van der Waals surface area contributed by atoms with Gasteiger partial charge in [-0.05, 0) is 34.5 Å². The SMILES string of the molecule is Cc1cccn2cc(CNc3ncnc4c3c(Br)nn4C)nc12. The fraction of sp³-hybridized carbons (Fsp3) is 0.200. The molecular formula is C15H14BrN7. The minimum Gasteiger partial charge on any atom is -0.364 e. The van der Waals surface area contributed by atoms with E-state index in [-0.39, 0.29) is 0 Å². The third-order valence-electron chi connectivity index (χ3n) is 3.74. The molecule has 0 aliphatic rings. The Kier molecular flexibility index (Phi) is 3.26. The Labute approximate surface area is 140 Å². The topological polar surface area (TPSA) is 72.9 Å². The fourth-order valence-corrected chi connectivity index (χ4v) is 3.24. The van der Waals surface area contributed by atoms with E-state index in [9.17, 15) is 0 Å². The van der Waals surface area contributed by atoms with Gasteiger partial charge in [-0.25, -0.2) is 19.6 Å². The normalized spacial score (nSPS) is 11.4. The van der Waals surface area contributed by atoms with E-state index in [1.165, 1.54) is 6.33 Å². The second-order valence-electron chi connectivity index (χ2n) is 5.34. The maximum absolute atomic E-state index is 4.66. The Balaban J connectivity index is 1.67. The summed E-state index contributed by atoms with van der Waals surface area (Å²) in [5, 5.41) is 8.52. The van der Waals surface area contributed by atoms with Crippen LogP contribution in [0.15, 0.2) is 35.5 Å². The molecule has 0 unspecified atom stereocenters. The largest absolute Gasteiger partial charge is 0.364 e. The van der Waals surface area contributed by atoms with Gasteiger partial charge in [0.05, 0.1) is 17.6 Å². The maximum Gasteiger partial charge on any atom is 0.164 e. The van der Waals surface area contributed by atoms with Gasteiger partial charge in [0.1, 0.15) is 22.4 Å². The Bertz CT molecular complexity index is 1020. The minimum atomic E-state index is 0.578. The first-order valence-electron chi connectivity index (χ1n) is 7.14. The molecule has 116 valence electrons. The minimum absolute atomic E-state index is 0.578. The summed E-state index contributed by atoms with van der Waals surface area (Å²) in [6.45, 7) is 2.63. The van der Waals surface area contributed by atoms with Gasteiger partial charge in [-0.15, -0.1) is 0 Å². The number of imidazole rings is 1. The van der Waals surface area contributed by atoms with Crippen LogP contribution in [0.3, 0.4) is 0 Å². The smallest absolute Gasteiger partial charge is 0.164 e. The standard InChI is InChI=1S/C15H14BrN7/c1-9-4-3-5-23-7-10(20-14(9)23)6-17-13-11-12(16)21-22(2)15(11)19-8-18-13/h3-5,7-8H,6H2,1-2H3,(H,17,18,19). The lowest BCUT2D eigenvalue weighted by Gasteiger charge is -2.04. The van der Waals surface area contributed by atoms with E-state index in [0.29, 0.717) is 6.54 Å². The number of hydrogen-bond acceptors (Lipinski definition) is 5. The van der Waals surface area contributed by atoms with Gasteiger partial charge in [0.2, 0.25) is 0 Å². The monoisotopic (exact) mass is 371 g/mol. The average molecular weight is 372 g/mol. The van der Waals surface area contributed by atoms with Crippen molar-refractivity contribution in [3.8, 4) is 0 Å². The predicted molar refractivity (Wildman–Crippen MR) is 91.3 cm³/mol. The molecule has 4 heterocycles. The highest BCUT2D eigenvalue weighted by Gasteiger charge is 2.13. The van der Waals surface area contributed by atoms with E-state index in [0.717, 1.165) is 38.4 Å². The lowest BCUT2D eigenvalue weighted by atomic mass is 10.3. The number of nitrogens with one attached hydrogen (secondary N) is 1. The van der Waals surface area contributed by atoms with E-state index < -0.39 is 0 Å². The number of nitrogens with zero attached hydrogens (tertiary/aromatic N) is 6. The van der Waals surface area contributed by atoms with Crippen molar-refractivity contribution in [3.63, 3.8) is 0 Å². The Morgan fingerprint density at radius 1 is 1.26 bits per heavy atom. The second kappa shape index (κ2) is 5.31. The van der Waals surface area contributed by atoms with E-state index in [1.54, 1.807) is 4.68 Å². The van der Waals surface area contributed by atoms with Crippen LogP contribution in [0.2, 0.25) is 0 Å². The van der Waals surface area contributed by atoms with E-state index >= 15 is 0 Å². The number of anilines is 1. The van der Waals surface area contributed by atoms with E-state index in [2.05, 4.69) is 54.3 Å². The third-order valence-corrected chi connectivity index (χ3v) is 4.30. The molecule has 0 aliphatic heterocycles. The van der Waals surface area contributed by atoms with Gasteiger partial charge in [-0.1, -0.05) is 6.07 Å². The van der Waals surface area contributed by atoms with Crippen molar-refractivity contribution in [2.45, 2.75) is 13.5 Å². The lowest BCUT2D eigenvalue weighted by Crippen LogP contribution is -2.03. The first-order chi connectivity index (χ1) is 11.1. The lowest BCUT2D eigenvalue weighted by molar-refractivity contribution is 0.777. The van der Waals surface area contributed by atoms with Crippen molar-refractivity contribution in [1.29, 1.82) is 0 Å². The van der Waals surface area contributed by atoms with Crippen LogP contribution >= 0.6 is 15.9 Å². The number of rotatable bonds is 3. The van der Waals surface area contributed by atoms with Crippen molar-refractivity contribution in [1.82, 2.24) is 29.1 Å². The zero-order valence-corrected chi connectivity index (χ0v) is 14.2. The molecular weight excluding hydrogens is 358 g/mol. The zero-order valence-electron chi connectivity index (χ0n) is 12.7. The molecule has 4 rings (SSSR count). The molecule has 0 amide bonds. The Morgan fingerprint density at radius 2 is 2.13 bits per heavy atom. The molecule has 23 heavy (non-hydrogen) atoms. The van der Waals surface area contributed by atoms with Gasteiger partial charge in [0.15, 0.2) is 5.65 Å². The summed E-state index contributed by atoms with van der Waals surface area (Å²) in [6, 6.07) is 4.07. The van der Waals surface area contributed by atoms with Gasteiger partial charge in [0.25, 0.3) is 0 Å². The Morgan fingerprint density at radius 3 is 2.96 bits per heavy atom. The molecule has 0 aromatic carbocycles. The highest BCUT2D eigenvalue weighted by molar-refractivity contribution is 9.10. The molecule has 0 radical (unpaired) electrons. The molecule has 0 aliphatic carbocycles.